The molecule has 1 aliphatic rings. The second-order valence-electron chi connectivity index (χ2n) is 5.18. The van der Waals surface area contributed by atoms with Gasteiger partial charge in [0.25, 0.3) is 0 Å². The summed E-state index contributed by atoms with van der Waals surface area (Å²) in [6.07, 6.45) is 1.13. The molecule has 3 heteroatoms. The van der Waals surface area contributed by atoms with E-state index in [1.807, 2.05) is 36.4 Å². The van der Waals surface area contributed by atoms with Gasteiger partial charge in [-0.25, -0.2) is 0 Å². The van der Waals surface area contributed by atoms with E-state index in [-0.39, 0.29) is 11.9 Å². The Balaban J connectivity index is 1.66. The first-order valence-corrected chi connectivity index (χ1v) is 8.24. The molecule has 0 saturated heterocycles. The number of Topliss-reactive ketones (excluding diaryl/α,β-unsaturated/α-hetero) is 1. The summed E-state index contributed by atoms with van der Waals surface area (Å²) < 4.78 is 5.84. The maximum absolute atomic E-state index is 12.4. The third-order valence-corrected chi connectivity index (χ3v) is 4.79. The molecule has 1 aliphatic heterocycles. The van der Waals surface area contributed by atoms with E-state index in [1.165, 1.54) is 5.56 Å². The van der Waals surface area contributed by atoms with E-state index in [2.05, 4.69) is 19.1 Å². The van der Waals surface area contributed by atoms with Crippen LogP contribution in [0.4, 0.5) is 0 Å². The van der Waals surface area contributed by atoms with Gasteiger partial charge in [0.05, 0.1) is 0 Å². The summed E-state index contributed by atoms with van der Waals surface area (Å²) in [4.78, 5) is 13.5. The van der Waals surface area contributed by atoms with Gasteiger partial charge in [-0.2, -0.15) is 0 Å². The van der Waals surface area contributed by atoms with Crippen molar-refractivity contribution in [3.63, 3.8) is 0 Å². The monoisotopic (exact) mass is 298 g/mol. The van der Waals surface area contributed by atoms with Crippen LogP contribution in [0.2, 0.25) is 0 Å². The normalized spacial score (nSPS) is 16.9. The zero-order valence-corrected chi connectivity index (χ0v) is 12.9. The minimum Gasteiger partial charge on any atom is -0.481 e. The summed E-state index contributed by atoms with van der Waals surface area (Å²) in [5, 5.41) is 0. The molecule has 1 unspecified atom stereocenters. The fourth-order valence-electron chi connectivity index (χ4n) is 2.39. The number of ketones is 1. The van der Waals surface area contributed by atoms with Crippen molar-refractivity contribution in [3.05, 3.63) is 59.7 Å². The van der Waals surface area contributed by atoms with Gasteiger partial charge in [-0.1, -0.05) is 43.3 Å². The SMILES string of the molecule is CCc1ccc(CC(=O)C2CSc3ccccc3O2)cc1. The number of carbonyl (C=O) groups excluding carboxylic acids is 1. The van der Waals surface area contributed by atoms with E-state index in [0.717, 1.165) is 22.6 Å². The first-order chi connectivity index (χ1) is 10.3. The third kappa shape index (κ3) is 3.30. The van der Waals surface area contributed by atoms with Gasteiger partial charge >= 0.3 is 0 Å². The van der Waals surface area contributed by atoms with Crippen LogP contribution in [0.5, 0.6) is 5.75 Å². The number of para-hydroxylation sites is 1. The molecular weight excluding hydrogens is 280 g/mol. The van der Waals surface area contributed by atoms with Gasteiger partial charge in [0.15, 0.2) is 11.9 Å². The molecule has 0 N–H and O–H groups in total. The van der Waals surface area contributed by atoms with Crippen LogP contribution in [-0.4, -0.2) is 17.6 Å². The zero-order chi connectivity index (χ0) is 14.7. The van der Waals surface area contributed by atoms with Crippen LogP contribution < -0.4 is 4.74 Å². The van der Waals surface area contributed by atoms with Crippen LogP contribution in [0.3, 0.4) is 0 Å². The Morgan fingerprint density at radius 3 is 2.62 bits per heavy atom. The van der Waals surface area contributed by atoms with Gasteiger partial charge in [0.1, 0.15) is 5.75 Å². The standard InChI is InChI=1S/C18H18O2S/c1-2-13-7-9-14(10-8-13)11-15(19)17-12-21-18-6-4-3-5-16(18)20-17/h3-10,17H,2,11-12H2,1H3. The van der Waals surface area contributed by atoms with Crippen molar-refractivity contribution < 1.29 is 9.53 Å². The minimum absolute atomic E-state index is 0.154. The lowest BCUT2D eigenvalue weighted by Crippen LogP contribution is -2.33. The summed E-state index contributed by atoms with van der Waals surface area (Å²) in [6, 6.07) is 16.2. The molecular formula is C18H18O2S. The highest BCUT2D eigenvalue weighted by atomic mass is 32.2. The zero-order valence-electron chi connectivity index (χ0n) is 12.0. The van der Waals surface area contributed by atoms with Crippen molar-refractivity contribution in [2.45, 2.75) is 30.8 Å². The van der Waals surface area contributed by atoms with Crippen LogP contribution in [0.15, 0.2) is 53.4 Å². The number of hydrogen-bond acceptors (Lipinski definition) is 3. The molecule has 2 nitrogen and oxygen atoms in total. The summed E-state index contributed by atoms with van der Waals surface area (Å²) in [7, 11) is 0. The predicted molar refractivity (Wildman–Crippen MR) is 86.1 cm³/mol. The molecule has 0 spiro atoms. The Kier molecular flexibility index (Phi) is 4.30. The van der Waals surface area contributed by atoms with Crippen LogP contribution in [-0.2, 0) is 17.6 Å². The predicted octanol–water partition coefficient (Wildman–Crippen LogP) is 3.91. The van der Waals surface area contributed by atoms with Crippen LogP contribution in [0.25, 0.3) is 0 Å². The Morgan fingerprint density at radius 2 is 1.86 bits per heavy atom. The lowest BCUT2D eigenvalue weighted by Gasteiger charge is -2.24. The molecule has 1 heterocycles. The molecule has 1 atom stereocenters. The number of carbonyl (C=O) groups is 1. The molecule has 2 aromatic carbocycles. The maximum Gasteiger partial charge on any atom is 0.178 e. The molecule has 0 aromatic heterocycles. The van der Waals surface area contributed by atoms with Crippen LogP contribution in [0, 0.1) is 0 Å². The Bertz CT molecular complexity index is 634. The average Bonchev–Trinajstić information content (AvgIpc) is 2.55. The molecule has 0 bridgehead atoms. The topological polar surface area (TPSA) is 26.3 Å². The van der Waals surface area contributed by atoms with Crippen molar-refractivity contribution in [1.29, 1.82) is 0 Å². The van der Waals surface area contributed by atoms with E-state index in [0.29, 0.717) is 12.2 Å². The van der Waals surface area contributed by atoms with Gasteiger partial charge < -0.3 is 4.74 Å². The number of hydrogen-bond donors (Lipinski definition) is 0. The first-order valence-electron chi connectivity index (χ1n) is 7.25. The van der Waals surface area contributed by atoms with E-state index in [4.69, 9.17) is 4.74 Å². The highest BCUT2D eigenvalue weighted by molar-refractivity contribution is 7.99. The maximum atomic E-state index is 12.4. The minimum atomic E-state index is -0.337. The molecule has 3 rings (SSSR count). The lowest BCUT2D eigenvalue weighted by molar-refractivity contribution is -0.124. The summed E-state index contributed by atoms with van der Waals surface area (Å²) in [5.41, 5.74) is 2.36. The molecule has 0 amide bonds. The largest absolute Gasteiger partial charge is 0.481 e. The lowest BCUT2D eigenvalue weighted by atomic mass is 10.0. The smallest absolute Gasteiger partial charge is 0.178 e. The van der Waals surface area contributed by atoms with Gasteiger partial charge in [0.2, 0.25) is 0 Å². The number of ether oxygens (including phenoxy) is 1. The number of thioether (sulfide) groups is 1. The third-order valence-electron chi connectivity index (χ3n) is 3.68. The fourth-order valence-corrected chi connectivity index (χ4v) is 3.40. The van der Waals surface area contributed by atoms with Gasteiger partial charge in [0, 0.05) is 17.1 Å². The molecule has 0 aliphatic carbocycles. The number of aryl methyl sites for hydroxylation is 1. The van der Waals surface area contributed by atoms with Gasteiger partial charge in [-0.05, 0) is 29.7 Å². The van der Waals surface area contributed by atoms with Crippen LogP contribution in [0.1, 0.15) is 18.1 Å². The van der Waals surface area contributed by atoms with Crippen molar-refractivity contribution >= 4 is 17.5 Å². The second kappa shape index (κ2) is 6.35. The summed E-state index contributed by atoms with van der Waals surface area (Å²) >= 11 is 1.70. The summed E-state index contributed by atoms with van der Waals surface area (Å²) in [5.74, 6) is 1.68. The van der Waals surface area contributed by atoms with E-state index in [9.17, 15) is 4.79 Å². The molecule has 2 aromatic rings. The quantitative estimate of drug-likeness (QED) is 0.856. The Hall–Kier alpha value is -1.74. The summed E-state index contributed by atoms with van der Waals surface area (Å²) in [6.45, 7) is 2.13. The number of benzene rings is 2. The van der Waals surface area contributed by atoms with Gasteiger partial charge in [-0.3, -0.25) is 4.79 Å². The van der Waals surface area contributed by atoms with Crippen molar-refractivity contribution in [1.82, 2.24) is 0 Å². The second-order valence-corrected chi connectivity index (χ2v) is 6.24. The van der Waals surface area contributed by atoms with Crippen LogP contribution >= 0.6 is 11.8 Å². The van der Waals surface area contributed by atoms with E-state index in [1.54, 1.807) is 11.8 Å². The first kappa shape index (κ1) is 14.2. The highest BCUT2D eigenvalue weighted by Gasteiger charge is 2.26. The highest BCUT2D eigenvalue weighted by Crippen LogP contribution is 2.35. The number of rotatable bonds is 4. The van der Waals surface area contributed by atoms with E-state index < -0.39 is 0 Å². The van der Waals surface area contributed by atoms with Crippen molar-refractivity contribution in [2.24, 2.45) is 0 Å². The molecule has 21 heavy (non-hydrogen) atoms. The van der Waals surface area contributed by atoms with Crippen molar-refractivity contribution in [2.75, 3.05) is 5.75 Å². The molecule has 108 valence electrons. The Labute approximate surface area is 129 Å². The van der Waals surface area contributed by atoms with Crippen molar-refractivity contribution in [3.8, 4) is 5.75 Å². The average molecular weight is 298 g/mol. The molecule has 0 fully saturated rings. The molecule has 0 radical (unpaired) electrons. The number of fused-ring (bicyclic) bond motifs is 1. The van der Waals surface area contributed by atoms with Gasteiger partial charge in [-0.15, -0.1) is 11.8 Å². The van der Waals surface area contributed by atoms with E-state index >= 15 is 0 Å². The molecule has 0 saturated carbocycles. The Morgan fingerprint density at radius 1 is 1.14 bits per heavy atom. The fraction of sp³-hybridized carbons (Fsp3) is 0.278.